The lowest BCUT2D eigenvalue weighted by Gasteiger charge is -2.24. The predicted molar refractivity (Wildman–Crippen MR) is 180 cm³/mol. The average Bonchev–Trinajstić information content (AvgIpc) is 3.61. The summed E-state index contributed by atoms with van der Waals surface area (Å²) >= 11 is 14.9. The van der Waals surface area contributed by atoms with Crippen LogP contribution in [-0.2, 0) is 15.3 Å². The van der Waals surface area contributed by atoms with Gasteiger partial charge in [-0.2, -0.15) is 0 Å². The number of aromatic nitrogens is 2. The number of methoxy groups -OCH3 is 1. The van der Waals surface area contributed by atoms with Gasteiger partial charge in [0, 0.05) is 15.8 Å². The molecule has 12 heteroatoms. The Hall–Kier alpha value is -3.83. The molecule has 1 amide bonds. The molecule has 0 bridgehead atoms. The third-order valence-corrected chi connectivity index (χ3v) is 9.62. The molecule has 0 saturated carbocycles. The number of allylic oxidation sites excluding steroid dienone is 1. The minimum Gasteiger partial charge on any atom is -0.503 e. The number of hydrogen-bond donors (Lipinski definition) is 1. The van der Waals surface area contributed by atoms with Crippen molar-refractivity contribution < 1.29 is 24.2 Å². The van der Waals surface area contributed by atoms with Gasteiger partial charge in [-0.1, -0.05) is 108 Å². The van der Waals surface area contributed by atoms with Gasteiger partial charge in [0.1, 0.15) is 0 Å². The molecule has 1 atom stereocenters. The first-order chi connectivity index (χ1) is 21.8. The molecule has 1 aliphatic rings. The summed E-state index contributed by atoms with van der Waals surface area (Å²) in [4.78, 5) is 28.6. The van der Waals surface area contributed by atoms with E-state index in [1.54, 1.807) is 36.4 Å². The van der Waals surface area contributed by atoms with E-state index in [1.807, 2.05) is 36.4 Å². The Morgan fingerprint density at radius 1 is 1.09 bits per heavy atom. The van der Waals surface area contributed by atoms with Gasteiger partial charge in [0.05, 0.1) is 25.3 Å². The molecule has 0 aliphatic carbocycles. The van der Waals surface area contributed by atoms with Gasteiger partial charge in [-0.3, -0.25) is 14.5 Å². The highest BCUT2D eigenvalue weighted by Crippen LogP contribution is 2.45. The van der Waals surface area contributed by atoms with Gasteiger partial charge in [-0.15, -0.1) is 10.2 Å². The maximum Gasteiger partial charge on any atom is 0.296 e. The van der Waals surface area contributed by atoms with Crippen molar-refractivity contribution in [3.8, 4) is 11.5 Å². The van der Waals surface area contributed by atoms with Crippen molar-refractivity contribution in [1.82, 2.24) is 10.2 Å². The standard InChI is InChI=1S/C33H29Cl2N3O5S2/c1-3-4-16-43-26-15-12-21(17-27(26)42-2)29-28(25(39)14-10-20-8-6-5-7-9-20)30(40)31(41)38(29)32-36-37-33(45-32)44-19-22-11-13-23(34)18-24(22)35/h5-15,17-18,29,40H,3-4,16,19H2,1-2H3/b14-10+. The maximum atomic E-state index is 13.7. The molecule has 2 heterocycles. The number of unbranched alkanes of at least 4 members (excludes halogenated alkanes) is 1. The van der Waals surface area contributed by atoms with E-state index >= 15 is 0 Å². The first kappa shape index (κ1) is 32.6. The van der Waals surface area contributed by atoms with Gasteiger partial charge in [0.15, 0.2) is 27.4 Å². The Morgan fingerprint density at radius 3 is 2.62 bits per heavy atom. The monoisotopic (exact) mass is 681 g/mol. The Balaban J connectivity index is 1.49. The predicted octanol–water partition coefficient (Wildman–Crippen LogP) is 8.51. The molecular weight excluding hydrogens is 653 g/mol. The summed E-state index contributed by atoms with van der Waals surface area (Å²) in [5.41, 5.74) is 2.11. The fraction of sp³-hybridized carbons (Fsp3) is 0.212. The molecule has 45 heavy (non-hydrogen) atoms. The van der Waals surface area contributed by atoms with Crippen LogP contribution in [0.1, 0.15) is 42.5 Å². The zero-order valence-electron chi connectivity index (χ0n) is 24.4. The first-order valence-electron chi connectivity index (χ1n) is 14.1. The summed E-state index contributed by atoms with van der Waals surface area (Å²) < 4.78 is 12.1. The van der Waals surface area contributed by atoms with E-state index in [0.717, 1.165) is 24.0 Å². The van der Waals surface area contributed by atoms with Crippen LogP contribution in [0, 0.1) is 0 Å². The number of rotatable bonds is 13. The number of thioether (sulfide) groups is 1. The quantitative estimate of drug-likeness (QED) is 0.0649. The summed E-state index contributed by atoms with van der Waals surface area (Å²) in [5, 5.41) is 21.0. The van der Waals surface area contributed by atoms with Gasteiger partial charge >= 0.3 is 0 Å². The van der Waals surface area contributed by atoms with Crippen molar-refractivity contribution >= 4 is 69.2 Å². The smallest absolute Gasteiger partial charge is 0.296 e. The molecular formula is C33H29Cl2N3O5S2. The molecule has 0 saturated heterocycles. The summed E-state index contributed by atoms with van der Waals surface area (Å²) in [6.45, 7) is 2.59. The van der Waals surface area contributed by atoms with Crippen molar-refractivity contribution in [3.63, 3.8) is 0 Å². The molecule has 0 fully saturated rings. The molecule has 1 aromatic heterocycles. The second-order valence-electron chi connectivity index (χ2n) is 9.94. The zero-order chi connectivity index (χ0) is 31.9. The van der Waals surface area contributed by atoms with E-state index < -0.39 is 23.5 Å². The molecule has 1 unspecified atom stereocenters. The number of aliphatic hydroxyl groups is 1. The number of ether oxygens (including phenoxy) is 2. The molecule has 232 valence electrons. The Morgan fingerprint density at radius 2 is 1.89 bits per heavy atom. The highest BCUT2D eigenvalue weighted by atomic mass is 35.5. The van der Waals surface area contributed by atoms with Crippen molar-refractivity contribution in [2.24, 2.45) is 0 Å². The number of amides is 1. The lowest BCUT2D eigenvalue weighted by atomic mass is 9.95. The number of ketones is 1. The lowest BCUT2D eigenvalue weighted by molar-refractivity contribution is -0.117. The summed E-state index contributed by atoms with van der Waals surface area (Å²) in [6, 6.07) is 18.7. The van der Waals surface area contributed by atoms with E-state index in [-0.39, 0.29) is 10.7 Å². The highest BCUT2D eigenvalue weighted by Gasteiger charge is 2.45. The number of carbonyl (C=O) groups is 2. The van der Waals surface area contributed by atoms with Crippen LogP contribution in [0.25, 0.3) is 6.08 Å². The van der Waals surface area contributed by atoms with Crippen molar-refractivity contribution in [3.05, 3.63) is 111 Å². The normalized spacial score (nSPS) is 14.9. The van der Waals surface area contributed by atoms with E-state index in [1.165, 1.54) is 41.2 Å². The largest absolute Gasteiger partial charge is 0.503 e. The third kappa shape index (κ3) is 7.53. The summed E-state index contributed by atoms with van der Waals surface area (Å²) in [7, 11) is 1.52. The number of aliphatic hydroxyl groups excluding tert-OH is 1. The van der Waals surface area contributed by atoms with Gasteiger partial charge in [-0.25, -0.2) is 0 Å². The number of carbonyl (C=O) groups excluding carboxylic acids is 2. The molecule has 3 aromatic carbocycles. The van der Waals surface area contributed by atoms with E-state index in [9.17, 15) is 14.7 Å². The minimum atomic E-state index is -1.000. The van der Waals surface area contributed by atoms with Gasteiger partial charge in [-0.05, 0) is 53.5 Å². The van der Waals surface area contributed by atoms with Crippen LogP contribution in [0.5, 0.6) is 11.5 Å². The lowest BCUT2D eigenvalue weighted by Crippen LogP contribution is -2.30. The molecule has 0 spiro atoms. The van der Waals surface area contributed by atoms with Crippen molar-refractivity contribution in [1.29, 1.82) is 0 Å². The second kappa shape index (κ2) is 15.0. The number of anilines is 1. The molecule has 1 aliphatic heterocycles. The van der Waals surface area contributed by atoms with Crippen molar-refractivity contribution in [2.75, 3.05) is 18.6 Å². The van der Waals surface area contributed by atoms with Crippen LogP contribution < -0.4 is 14.4 Å². The number of benzene rings is 3. The van der Waals surface area contributed by atoms with Crippen molar-refractivity contribution in [2.45, 2.75) is 35.9 Å². The fourth-order valence-corrected chi connectivity index (χ4v) is 7.06. The SMILES string of the molecule is CCCCOc1ccc(C2C(C(=O)/C=C/c3ccccc3)=C(O)C(=O)N2c2nnc(SCc3ccc(Cl)cc3Cl)s2)cc1OC. The van der Waals surface area contributed by atoms with Crippen LogP contribution in [0.15, 0.2) is 88.5 Å². The fourth-order valence-electron chi connectivity index (χ4n) is 4.63. The molecule has 1 N–H and O–H groups in total. The average molecular weight is 683 g/mol. The highest BCUT2D eigenvalue weighted by molar-refractivity contribution is 8.00. The first-order valence-corrected chi connectivity index (χ1v) is 16.6. The maximum absolute atomic E-state index is 13.7. The van der Waals surface area contributed by atoms with Crippen LogP contribution in [-0.4, -0.2) is 40.7 Å². The van der Waals surface area contributed by atoms with Crippen LogP contribution in [0.3, 0.4) is 0 Å². The van der Waals surface area contributed by atoms with Gasteiger partial charge in [0.2, 0.25) is 5.13 Å². The molecule has 8 nitrogen and oxygen atoms in total. The number of nitrogens with zero attached hydrogens (tertiary/aromatic N) is 3. The zero-order valence-corrected chi connectivity index (χ0v) is 27.6. The van der Waals surface area contributed by atoms with E-state index in [0.29, 0.717) is 43.8 Å². The second-order valence-corrected chi connectivity index (χ2v) is 13.0. The van der Waals surface area contributed by atoms with Crippen LogP contribution in [0.4, 0.5) is 5.13 Å². The Labute approximate surface area is 279 Å². The third-order valence-electron chi connectivity index (χ3n) is 6.93. The Kier molecular flexibility index (Phi) is 10.8. The molecule has 5 rings (SSSR count). The number of halogens is 2. The molecule has 0 radical (unpaired) electrons. The summed E-state index contributed by atoms with van der Waals surface area (Å²) in [6.07, 6.45) is 4.84. The minimum absolute atomic E-state index is 0.0776. The van der Waals surface area contributed by atoms with E-state index in [4.69, 9.17) is 32.7 Å². The van der Waals surface area contributed by atoms with Gasteiger partial charge in [0.25, 0.3) is 5.91 Å². The molecule has 4 aromatic rings. The Bertz CT molecular complexity index is 1760. The van der Waals surface area contributed by atoms with Crippen LogP contribution >= 0.6 is 46.3 Å². The van der Waals surface area contributed by atoms with E-state index in [2.05, 4.69) is 17.1 Å². The van der Waals surface area contributed by atoms with Crippen LogP contribution in [0.2, 0.25) is 10.0 Å². The van der Waals surface area contributed by atoms with Gasteiger partial charge < -0.3 is 14.6 Å². The number of hydrogen-bond acceptors (Lipinski definition) is 9. The summed E-state index contributed by atoms with van der Waals surface area (Å²) in [5.74, 6) is -0.463. The topological polar surface area (TPSA) is 102 Å².